The number of nitrogens with zero attached hydrogens (tertiary/aromatic N) is 4. The highest BCUT2D eigenvalue weighted by molar-refractivity contribution is 6.10. The van der Waals surface area contributed by atoms with Gasteiger partial charge in [0.05, 0.1) is 50.5 Å². The van der Waals surface area contributed by atoms with E-state index in [-0.39, 0.29) is 5.91 Å². The van der Waals surface area contributed by atoms with Crippen LogP contribution in [-0.4, -0.2) is 42.2 Å². The molecule has 0 saturated carbocycles. The van der Waals surface area contributed by atoms with Gasteiger partial charge in [0.15, 0.2) is 5.75 Å². The number of pyridine rings is 3. The van der Waals surface area contributed by atoms with Crippen LogP contribution in [0.1, 0.15) is 21.6 Å². The second-order valence-corrected chi connectivity index (χ2v) is 6.53. The molecule has 0 bridgehead atoms. The van der Waals surface area contributed by atoms with Gasteiger partial charge in [-0.2, -0.15) is 0 Å². The average molecular weight is 392 g/mol. The third-order valence-corrected chi connectivity index (χ3v) is 4.82. The van der Waals surface area contributed by atoms with E-state index >= 15 is 0 Å². The predicted molar refractivity (Wildman–Crippen MR) is 107 cm³/mol. The zero-order chi connectivity index (χ0) is 20.5. The summed E-state index contributed by atoms with van der Waals surface area (Å²) in [6.45, 7) is 2.28. The van der Waals surface area contributed by atoms with Gasteiger partial charge in [-0.15, -0.1) is 0 Å². The number of ether oxygens (including phenoxy) is 3. The third kappa shape index (κ3) is 3.22. The van der Waals surface area contributed by atoms with Crippen LogP contribution in [0.2, 0.25) is 0 Å². The first kappa shape index (κ1) is 18.7. The van der Waals surface area contributed by atoms with E-state index in [1.54, 1.807) is 43.6 Å². The van der Waals surface area contributed by atoms with Gasteiger partial charge in [-0.3, -0.25) is 9.78 Å². The van der Waals surface area contributed by atoms with E-state index in [0.29, 0.717) is 35.3 Å². The molecule has 0 fully saturated rings. The van der Waals surface area contributed by atoms with Crippen LogP contribution in [0.15, 0.2) is 36.7 Å². The first-order valence-electron chi connectivity index (χ1n) is 8.96. The van der Waals surface area contributed by atoms with Crippen molar-refractivity contribution in [1.29, 1.82) is 0 Å². The molecule has 3 aromatic heterocycles. The molecule has 0 aromatic carbocycles. The Morgan fingerprint density at radius 1 is 1.03 bits per heavy atom. The molecule has 4 rings (SSSR count). The molecular weight excluding hydrogens is 372 g/mol. The predicted octanol–water partition coefficient (Wildman–Crippen LogP) is 3.03. The summed E-state index contributed by atoms with van der Waals surface area (Å²) in [4.78, 5) is 27.8. The number of aryl methyl sites for hydroxylation is 1. The molecule has 148 valence electrons. The van der Waals surface area contributed by atoms with E-state index in [1.807, 2.05) is 19.1 Å². The van der Waals surface area contributed by atoms with E-state index < -0.39 is 0 Å². The molecule has 1 aliphatic heterocycles. The summed E-state index contributed by atoms with van der Waals surface area (Å²) in [7, 11) is 4.64. The Labute approximate surface area is 168 Å². The molecule has 0 N–H and O–H groups in total. The van der Waals surface area contributed by atoms with Crippen molar-refractivity contribution < 1.29 is 19.0 Å². The SMILES string of the molecule is COc1cc(N2Cc3nc(-c4cnc(OC)c(OC)c4)cc(C)c3C2=O)ccn1. The van der Waals surface area contributed by atoms with Crippen molar-refractivity contribution in [2.24, 2.45) is 0 Å². The largest absolute Gasteiger partial charge is 0.491 e. The fraction of sp³-hybridized carbons (Fsp3) is 0.238. The van der Waals surface area contributed by atoms with Crippen molar-refractivity contribution in [1.82, 2.24) is 15.0 Å². The molecular formula is C21H20N4O4. The Bertz CT molecular complexity index is 1100. The number of amides is 1. The summed E-state index contributed by atoms with van der Waals surface area (Å²) in [5, 5.41) is 0. The van der Waals surface area contributed by atoms with E-state index in [4.69, 9.17) is 19.2 Å². The normalized spacial score (nSPS) is 12.7. The van der Waals surface area contributed by atoms with E-state index in [9.17, 15) is 4.79 Å². The highest BCUT2D eigenvalue weighted by atomic mass is 16.5. The zero-order valence-corrected chi connectivity index (χ0v) is 16.6. The summed E-state index contributed by atoms with van der Waals surface area (Å²) in [6, 6.07) is 7.22. The highest BCUT2D eigenvalue weighted by Gasteiger charge is 2.32. The molecule has 0 radical (unpaired) electrons. The number of fused-ring (bicyclic) bond motifs is 1. The van der Waals surface area contributed by atoms with Crippen LogP contribution >= 0.6 is 0 Å². The average Bonchev–Trinajstić information content (AvgIpc) is 3.10. The lowest BCUT2D eigenvalue weighted by atomic mass is 10.0. The Kier molecular flexibility index (Phi) is 4.75. The number of anilines is 1. The lowest BCUT2D eigenvalue weighted by molar-refractivity contribution is 0.0996. The molecule has 0 atom stereocenters. The first-order valence-corrected chi connectivity index (χ1v) is 8.96. The van der Waals surface area contributed by atoms with Gasteiger partial charge in [-0.05, 0) is 30.7 Å². The van der Waals surface area contributed by atoms with E-state index in [1.165, 1.54) is 7.11 Å². The van der Waals surface area contributed by atoms with Crippen molar-refractivity contribution in [3.8, 4) is 28.8 Å². The summed E-state index contributed by atoms with van der Waals surface area (Å²) < 4.78 is 15.7. The minimum Gasteiger partial charge on any atom is -0.491 e. The van der Waals surface area contributed by atoms with Crippen molar-refractivity contribution >= 4 is 11.6 Å². The number of rotatable bonds is 5. The number of methoxy groups -OCH3 is 3. The van der Waals surface area contributed by atoms with Gasteiger partial charge >= 0.3 is 0 Å². The number of carbonyl (C=O) groups excluding carboxylic acids is 1. The van der Waals surface area contributed by atoms with Crippen molar-refractivity contribution in [3.63, 3.8) is 0 Å². The van der Waals surface area contributed by atoms with Gasteiger partial charge in [-0.1, -0.05) is 0 Å². The summed E-state index contributed by atoms with van der Waals surface area (Å²) >= 11 is 0. The van der Waals surface area contributed by atoms with Gasteiger partial charge in [0.25, 0.3) is 11.8 Å². The monoisotopic (exact) mass is 392 g/mol. The van der Waals surface area contributed by atoms with Crippen LogP contribution in [0, 0.1) is 6.92 Å². The molecule has 1 aliphatic rings. The quantitative estimate of drug-likeness (QED) is 0.660. The van der Waals surface area contributed by atoms with Gasteiger partial charge in [0.2, 0.25) is 5.88 Å². The van der Waals surface area contributed by atoms with Crippen LogP contribution in [0.3, 0.4) is 0 Å². The molecule has 0 saturated heterocycles. The zero-order valence-electron chi connectivity index (χ0n) is 16.6. The third-order valence-electron chi connectivity index (χ3n) is 4.82. The van der Waals surface area contributed by atoms with Crippen molar-refractivity contribution in [3.05, 3.63) is 53.5 Å². The highest BCUT2D eigenvalue weighted by Crippen LogP contribution is 2.34. The molecule has 0 aliphatic carbocycles. The Morgan fingerprint density at radius 3 is 2.59 bits per heavy atom. The van der Waals surface area contributed by atoms with Gasteiger partial charge < -0.3 is 19.1 Å². The number of hydrogen-bond acceptors (Lipinski definition) is 7. The first-order chi connectivity index (χ1) is 14.0. The van der Waals surface area contributed by atoms with Crippen LogP contribution in [0.4, 0.5) is 5.69 Å². The fourth-order valence-corrected chi connectivity index (χ4v) is 3.41. The molecule has 3 aromatic rings. The Balaban J connectivity index is 1.73. The van der Waals surface area contributed by atoms with E-state index in [0.717, 1.165) is 22.5 Å². The maximum atomic E-state index is 13.0. The van der Waals surface area contributed by atoms with Gasteiger partial charge in [-0.25, -0.2) is 9.97 Å². The molecule has 0 unspecified atom stereocenters. The van der Waals surface area contributed by atoms with Gasteiger partial charge in [0.1, 0.15) is 0 Å². The Hall–Kier alpha value is -3.68. The van der Waals surface area contributed by atoms with Crippen LogP contribution < -0.4 is 19.1 Å². The maximum Gasteiger partial charge on any atom is 0.260 e. The molecule has 8 nitrogen and oxygen atoms in total. The molecule has 4 heterocycles. The minimum absolute atomic E-state index is 0.0877. The van der Waals surface area contributed by atoms with Gasteiger partial charge in [0, 0.05) is 24.0 Å². The lowest BCUT2D eigenvalue weighted by Crippen LogP contribution is -2.23. The topological polar surface area (TPSA) is 86.7 Å². The Morgan fingerprint density at radius 2 is 1.86 bits per heavy atom. The molecule has 29 heavy (non-hydrogen) atoms. The minimum atomic E-state index is -0.0877. The second-order valence-electron chi connectivity index (χ2n) is 6.53. The second kappa shape index (κ2) is 7.38. The maximum absolute atomic E-state index is 13.0. The molecule has 8 heteroatoms. The van der Waals surface area contributed by atoms with Crippen LogP contribution in [0.5, 0.6) is 17.5 Å². The number of aromatic nitrogens is 3. The summed E-state index contributed by atoms with van der Waals surface area (Å²) in [5.41, 5.74) is 4.41. The van der Waals surface area contributed by atoms with Crippen LogP contribution in [-0.2, 0) is 6.54 Å². The van der Waals surface area contributed by atoms with E-state index in [2.05, 4.69) is 9.97 Å². The molecule has 1 amide bonds. The van der Waals surface area contributed by atoms with Crippen LogP contribution in [0.25, 0.3) is 11.3 Å². The molecule has 0 spiro atoms. The number of hydrogen-bond donors (Lipinski definition) is 0. The summed E-state index contributed by atoms with van der Waals surface area (Å²) in [6.07, 6.45) is 3.29. The smallest absolute Gasteiger partial charge is 0.260 e. The lowest BCUT2D eigenvalue weighted by Gasteiger charge is -2.15. The fourth-order valence-electron chi connectivity index (χ4n) is 3.41. The standard InChI is InChI=1S/C21H20N4O4/c1-12-7-15(13-8-17(27-2)20(29-4)23-10-13)24-16-11-25(21(26)19(12)16)14-5-6-22-18(9-14)28-3/h5-10H,11H2,1-4H3. The number of carbonyl (C=O) groups is 1. The van der Waals surface area contributed by atoms with Crippen molar-refractivity contribution in [2.75, 3.05) is 26.2 Å². The van der Waals surface area contributed by atoms with Crippen molar-refractivity contribution in [2.45, 2.75) is 13.5 Å². The summed E-state index contributed by atoms with van der Waals surface area (Å²) in [5.74, 6) is 1.29.